The van der Waals surface area contributed by atoms with Crippen molar-refractivity contribution in [3.63, 3.8) is 0 Å². The molecule has 1 aromatic rings. The van der Waals surface area contributed by atoms with Gasteiger partial charge in [-0.2, -0.15) is 0 Å². The average molecular weight is 262 g/mol. The summed E-state index contributed by atoms with van der Waals surface area (Å²) in [7, 11) is 1.45. The minimum Gasteiger partial charge on any atom is -0.352 e. The van der Waals surface area contributed by atoms with Gasteiger partial charge in [-0.15, -0.1) is 0 Å². The standard InChI is InChI=1S/C10H12ClNO3S/c1-3-12-10(13)8-5-4-7(2)9(6-8)16(11,14)15/h4-6H,3H2,1-2H3,(H,12,13). The average Bonchev–Trinajstić information content (AvgIpc) is 2.16. The molecule has 0 atom stereocenters. The second-order valence-corrected chi connectivity index (χ2v) is 5.81. The van der Waals surface area contributed by atoms with Crippen LogP contribution in [0.1, 0.15) is 22.8 Å². The number of aryl methyl sites for hydroxylation is 1. The summed E-state index contributed by atoms with van der Waals surface area (Å²) in [6.07, 6.45) is 0. The third kappa shape index (κ3) is 2.96. The first-order chi connectivity index (χ1) is 7.36. The van der Waals surface area contributed by atoms with E-state index in [1.807, 2.05) is 0 Å². The fourth-order valence-electron chi connectivity index (χ4n) is 1.27. The number of benzene rings is 1. The first kappa shape index (κ1) is 13.0. The second kappa shape index (κ2) is 4.84. The predicted octanol–water partition coefficient (Wildman–Crippen LogP) is 1.67. The quantitative estimate of drug-likeness (QED) is 0.842. The van der Waals surface area contributed by atoms with E-state index in [9.17, 15) is 13.2 Å². The maximum Gasteiger partial charge on any atom is 0.261 e. The molecule has 0 spiro atoms. The Morgan fingerprint density at radius 3 is 2.56 bits per heavy atom. The largest absolute Gasteiger partial charge is 0.352 e. The summed E-state index contributed by atoms with van der Waals surface area (Å²) in [5, 5.41) is 2.58. The molecule has 0 fully saturated rings. The smallest absolute Gasteiger partial charge is 0.261 e. The van der Waals surface area contributed by atoms with Crippen LogP contribution in [0.2, 0.25) is 0 Å². The van der Waals surface area contributed by atoms with Gasteiger partial charge in [-0.25, -0.2) is 8.42 Å². The summed E-state index contributed by atoms with van der Waals surface area (Å²) in [4.78, 5) is 11.5. The number of hydrogen-bond acceptors (Lipinski definition) is 3. The topological polar surface area (TPSA) is 63.2 Å². The molecule has 0 bridgehead atoms. The molecule has 0 aliphatic heterocycles. The summed E-state index contributed by atoms with van der Waals surface area (Å²) in [5.41, 5.74) is 0.801. The molecule has 0 unspecified atom stereocenters. The zero-order chi connectivity index (χ0) is 12.3. The third-order valence-corrected chi connectivity index (χ3v) is 3.51. The van der Waals surface area contributed by atoms with Gasteiger partial charge in [0.2, 0.25) is 0 Å². The van der Waals surface area contributed by atoms with Gasteiger partial charge in [-0.1, -0.05) is 6.07 Å². The third-order valence-electron chi connectivity index (χ3n) is 2.05. The number of amides is 1. The first-order valence-electron chi connectivity index (χ1n) is 4.69. The fourth-order valence-corrected chi connectivity index (χ4v) is 2.49. The van der Waals surface area contributed by atoms with Crippen LogP contribution in [0.5, 0.6) is 0 Å². The van der Waals surface area contributed by atoms with Gasteiger partial charge in [0.25, 0.3) is 15.0 Å². The van der Waals surface area contributed by atoms with E-state index in [0.717, 1.165) is 0 Å². The Morgan fingerprint density at radius 1 is 1.44 bits per heavy atom. The van der Waals surface area contributed by atoms with E-state index >= 15 is 0 Å². The van der Waals surface area contributed by atoms with Gasteiger partial charge in [0.1, 0.15) is 0 Å². The van der Waals surface area contributed by atoms with Gasteiger partial charge in [0.05, 0.1) is 4.90 Å². The molecule has 0 saturated heterocycles. The van der Waals surface area contributed by atoms with Crippen molar-refractivity contribution in [2.24, 2.45) is 0 Å². The number of hydrogen-bond donors (Lipinski definition) is 1. The Balaban J connectivity index is 3.23. The number of halogens is 1. The van der Waals surface area contributed by atoms with E-state index in [4.69, 9.17) is 10.7 Å². The van der Waals surface area contributed by atoms with E-state index < -0.39 is 9.05 Å². The van der Waals surface area contributed by atoms with Crippen molar-refractivity contribution in [3.05, 3.63) is 29.3 Å². The predicted molar refractivity (Wildman–Crippen MR) is 62.2 cm³/mol. The van der Waals surface area contributed by atoms with E-state index in [1.165, 1.54) is 6.07 Å². The van der Waals surface area contributed by atoms with Gasteiger partial charge < -0.3 is 5.32 Å². The Hall–Kier alpha value is -1.07. The summed E-state index contributed by atoms with van der Waals surface area (Å²) in [6.45, 7) is 3.89. The molecule has 6 heteroatoms. The lowest BCUT2D eigenvalue weighted by molar-refractivity contribution is 0.0955. The van der Waals surface area contributed by atoms with Gasteiger partial charge >= 0.3 is 0 Å². The highest BCUT2D eigenvalue weighted by Crippen LogP contribution is 2.20. The molecule has 1 rings (SSSR count). The van der Waals surface area contributed by atoms with E-state index in [2.05, 4.69) is 5.32 Å². The zero-order valence-electron chi connectivity index (χ0n) is 8.95. The minimum absolute atomic E-state index is 0.0297. The van der Waals surface area contributed by atoms with Gasteiger partial charge in [-0.3, -0.25) is 4.79 Å². The van der Waals surface area contributed by atoms with Crippen molar-refractivity contribution >= 4 is 25.6 Å². The summed E-state index contributed by atoms with van der Waals surface area (Å²) < 4.78 is 22.4. The van der Waals surface area contributed by atoms with Crippen LogP contribution in [0.15, 0.2) is 23.1 Å². The summed E-state index contributed by atoms with van der Waals surface area (Å²) in [5.74, 6) is -0.316. The minimum atomic E-state index is -3.81. The van der Waals surface area contributed by atoms with E-state index in [-0.39, 0.29) is 16.4 Å². The highest BCUT2D eigenvalue weighted by Gasteiger charge is 2.16. The Labute approximate surface area is 99.0 Å². The fraction of sp³-hybridized carbons (Fsp3) is 0.300. The van der Waals surface area contributed by atoms with E-state index in [1.54, 1.807) is 26.0 Å². The molecule has 4 nitrogen and oxygen atoms in total. The Bertz CT molecular complexity index is 511. The molecule has 1 N–H and O–H groups in total. The van der Waals surface area contributed by atoms with Gasteiger partial charge in [0, 0.05) is 22.8 Å². The lowest BCUT2D eigenvalue weighted by Gasteiger charge is -2.06. The second-order valence-electron chi connectivity index (χ2n) is 3.28. The van der Waals surface area contributed by atoms with Crippen LogP contribution in [0.25, 0.3) is 0 Å². The maximum atomic E-state index is 11.5. The maximum absolute atomic E-state index is 11.5. The van der Waals surface area contributed by atoms with Crippen LogP contribution in [0.4, 0.5) is 0 Å². The summed E-state index contributed by atoms with van der Waals surface area (Å²) in [6, 6.07) is 4.40. The Morgan fingerprint density at radius 2 is 2.06 bits per heavy atom. The highest BCUT2D eigenvalue weighted by molar-refractivity contribution is 8.13. The van der Waals surface area contributed by atoms with E-state index in [0.29, 0.717) is 12.1 Å². The molecule has 88 valence electrons. The van der Waals surface area contributed by atoms with Gasteiger partial charge in [-0.05, 0) is 31.5 Å². The van der Waals surface area contributed by atoms with Gasteiger partial charge in [0.15, 0.2) is 0 Å². The van der Waals surface area contributed by atoms with Crippen molar-refractivity contribution < 1.29 is 13.2 Å². The number of carbonyl (C=O) groups excluding carboxylic acids is 1. The lowest BCUT2D eigenvalue weighted by atomic mass is 10.1. The van der Waals surface area contributed by atoms with Crippen molar-refractivity contribution in [3.8, 4) is 0 Å². The molecule has 0 aromatic heterocycles. The molecule has 16 heavy (non-hydrogen) atoms. The van der Waals surface area contributed by atoms with Crippen LogP contribution >= 0.6 is 10.7 Å². The SMILES string of the molecule is CCNC(=O)c1ccc(C)c(S(=O)(=O)Cl)c1. The molecule has 1 aromatic carbocycles. The molecular weight excluding hydrogens is 250 g/mol. The zero-order valence-corrected chi connectivity index (χ0v) is 10.5. The van der Waals surface area contributed by atoms with Crippen molar-refractivity contribution in [1.82, 2.24) is 5.32 Å². The molecular formula is C10H12ClNO3S. The van der Waals surface area contributed by atoms with Crippen LogP contribution in [0, 0.1) is 6.92 Å². The molecule has 0 aliphatic carbocycles. The number of rotatable bonds is 3. The first-order valence-corrected chi connectivity index (χ1v) is 7.00. The molecule has 0 heterocycles. The van der Waals surface area contributed by atoms with Crippen molar-refractivity contribution in [1.29, 1.82) is 0 Å². The van der Waals surface area contributed by atoms with Crippen LogP contribution in [-0.4, -0.2) is 20.9 Å². The van der Waals surface area contributed by atoms with Crippen LogP contribution in [0.3, 0.4) is 0 Å². The molecule has 0 aliphatic rings. The van der Waals surface area contributed by atoms with Crippen LogP contribution < -0.4 is 5.32 Å². The van der Waals surface area contributed by atoms with Crippen LogP contribution in [-0.2, 0) is 9.05 Å². The molecule has 1 amide bonds. The van der Waals surface area contributed by atoms with Crippen molar-refractivity contribution in [2.45, 2.75) is 18.7 Å². The molecule has 0 saturated carbocycles. The highest BCUT2D eigenvalue weighted by atomic mass is 35.7. The monoisotopic (exact) mass is 261 g/mol. The summed E-state index contributed by atoms with van der Waals surface area (Å²) >= 11 is 0. The Kier molecular flexibility index (Phi) is 3.93. The number of nitrogens with one attached hydrogen (secondary N) is 1. The molecule has 0 radical (unpaired) electrons. The lowest BCUT2D eigenvalue weighted by Crippen LogP contribution is -2.22. The number of carbonyl (C=O) groups is 1. The normalized spacial score (nSPS) is 11.2. The van der Waals surface area contributed by atoms with Crippen molar-refractivity contribution in [2.75, 3.05) is 6.54 Å².